The first-order valence-corrected chi connectivity index (χ1v) is 12.2. The van der Waals surface area contributed by atoms with Crippen LogP contribution in [0.15, 0.2) is 60.7 Å². The summed E-state index contributed by atoms with van der Waals surface area (Å²) in [5, 5.41) is 35.1. The quantitative estimate of drug-likeness (QED) is 0.227. The van der Waals surface area contributed by atoms with Gasteiger partial charge >= 0.3 is 5.97 Å². The molecule has 5 rings (SSSR count). The number of aromatic amines is 1. The van der Waals surface area contributed by atoms with E-state index in [1.807, 2.05) is 49.4 Å². The van der Waals surface area contributed by atoms with Crippen LogP contribution in [0, 0.1) is 41.5 Å². The molecular weight excluding hydrogens is 479 g/mol. The van der Waals surface area contributed by atoms with E-state index in [4.69, 9.17) is 5.11 Å². The first-order chi connectivity index (χ1) is 18.4. The van der Waals surface area contributed by atoms with E-state index in [0.717, 1.165) is 53.2 Å². The number of carboxylic acid groups (broad SMARTS) is 1. The number of carbonyl (C=O) groups is 1. The highest BCUT2D eigenvalue weighted by atomic mass is 19.1. The van der Waals surface area contributed by atoms with E-state index in [0.29, 0.717) is 22.2 Å². The summed E-state index contributed by atoms with van der Waals surface area (Å²) in [6.07, 6.45) is 5.62. The predicted molar refractivity (Wildman–Crippen MR) is 143 cm³/mol. The van der Waals surface area contributed by atoms with Crippen LogP contribution in [0.3, 0.4) is 0 Å². The second kappa shape index (κ2) is 10.2. The van der Waals surface area contributed by atoms with Crippen LogP contribution in [0.4, 0.5) is 4.39 Å². The molecule has 1 aliphatic rings. The molecule has 3 aromatic carbocycles. The molecule has 0 spiro atoms. The van der Waals surface area contributed by atoms with E-state index in [2.05, 4.69) is 22.3 Å². The maximum Gasteiger partial charge on any atom is 0.328 e. The maximum atomic E-state index is 14.8. The zero-order valence-electron chi connectivity index (χ0n) is 20.6. The Kier molecular flexibility index (Phi) is 6.60. The normalized spacial score (nSPS) is 14.1. The molecule has 0 unspecified atom stereocenters. The van der Waals surface area contributed by atoms with Crippen molar-refractivity contribution in [3.8, 4) is 12.1 Å². The highest BCUT2D eigenvalue weighted by Gasteiger charge is 2.30. The molecule has 6 nitrogen and oxygen atoms in total. The number of nitrogens with one attached hydrogen (secondary N) is 1. The fraction of sp³-hybridized carbons (Fsp3) is 0.161. The number of carboxylic acids is 1. The van der Waals surface area contributed by atoms with Gasteiger partial charge in [0.2, 0.25) is 5.95 Å². The van der Waals surface area contributed by atoms with Crippen molar-refractivity contribution in [2.24, 2.45) is 5.92 Å². The Balaban J connectivity index is 1.84. The van der Waals surface area contributed by atoms with Crippen molar-refractivity contribution in [3.63, 3.8) is 0 Å². The number of nitriles is 2. The predicted octanol–water partition coefficient (Wildman–Crippen LogP) is 6.61. The molecule has 0 aliphatic heterocycles. The average Bonchev–Trinajstić information content (AvgIpc) is 3.27. The summed E-state index contributed by atoms with van der Waals surface area (Å²) in [6.45, 7) is 1.97. The third kappa shape index (κ3) is 4.47. The molecule has 0 atom stereocenters. The summed E-state index contributed by atoms with van der Waals surface area (Å²) in [5.74, 6) is -1.54. The molecule has 4 aromatic rings. The van der Waals surface area contributed by atoms with Crippen molar-refractivity contribution in [1.29, 1.82) is 10.5 Å². The minimum Gasteiger partial charge on any atom is -0.478 e. The van der Waals surface area contributed by atoms with Crippen LogP contribution in [0.25, 0.3) is 28.1 Å². The Hall–Kier alpha value is -5.01. The van der Waals surface area contributed by atoms with E-state index in [1.165, 1.54) is 6.08 Å². The lowest BCUT2D eigenvalue weighted by atomic mass is 9.71. The lowest BCUT2D eigenvalue weighted by Crippen LogP contribution is -2.16. The Morgan fingerprint density at radius 1 is 1.08 bits per heavy atom. The fourth-order valence-corrected chi connectivity index (χ4v) is 5.08. The summed E-state index contributed by atoms with van der Waals surface area (Å²) in [4.78, 5) is 11.0. The van der Waals surface area contributed by atoms with Gasteiger partial charge in [0, 0.05) is 11.6 Å². The summed E-state index contributed by atoms with van der Waals surface area (Å²) < 4.78 is 14.8. The van der Waals surface area contributed by atoms with Gasteiger partial charge in [0.1, 0.15) is 6.07 Å². The largest absolute Gasteiger partial charge is 0.478 e. The number of rotatable bonds is 6. The monoisotopic (exact) mass is 502 g/mol. The van der Waals surface area contributed by atoms with Gasteiger partial charge < -0.3 is 5.11 Å². The van der Waals surface area contributed by atoms with Crippen LogP contribution in [-0.4, -0.2) is 21.3 Å². The lowest BCUT2D eigenvalue weighted by Gasteiger charge is -2.32. The van der Waals surface area contributed by atoms with Gasteiger partial charge in [0.05, 0.1) is 28.1 Å². The average molecular weight is 503 g/mol. The Morgan fingerprint density at radius 2 is 1.82 bits per heavy atom. The van der Waals surface area contributed by atoms with Crippen molar-refractivity contribution in [2.75, 3.05) is 0 Å². The number of allylic oxidation sites excluding steroid dienone is 1. The minimum absolute atomic E-state index is 0.146. The molecule has 186 valence electrons. The number of halogens is 1. The molecule has 1 fully saturated rings. The smallest absolute Gasteiger partial charge is 0.328 e. The van der Waals surface area contributed by atoms with E-state index in [-0.39, 0.29) is 16.9 Å². The summed E-state index contributed by atoms with van der Waals surface area (Å²) >= 11 is 0. The molecule has 0 radical (unpaired) electrons. The summed E-state index contributed by atoms with van der Waals surface area (Å²) in [7, 11) is 0. The number of fused-ring (bicyclic) bond motifs is 1. The Bertz CT molecular complexity index is 1710. The van der Waals surface area contributed by atoms with E-state index < -0.39 is 11.9 Å². The van der Waals surface area contributed by atoms with Crippen LogP contribution in [0.5, 0.6) is 0 Å². The molecule has 7 heteroatoms. The molecular formula is C31H23FN4O2. The first-order valence-electron chi connectivity index (χ1n) is 12.2. The van der Waals surface area contributed by atoms with Gasteiger partial charge in [0.25, 0.3) is 0 Å². The second-order valence-corrected chi connectivity index (χ2v) is 9.39. The van der Waals surface area contributed by atoms with Crippen molar-refractivity contribution in [3.05, 3.63) is 106 Å². The molecule has 1 aliphatic carbocycles. The maximum absolute atomic E-state index is 14.8. The molecule has 0 bridgehead atoms. The molecule has 1 saturated carbocycles. The molecule has 0 amide bonds. The SMILES string of the molecule is Cc1cc(C#N)ccc1/C(=C(\c1ccc(/C=C/C(=O)O)cc1)c1ccc2[nH]nc(F)c2c1C#N)C1CCC1. The van der Waals surface area contributed by atoms with Crippen LogP contribution < -0.4 is 0 Å². The topological polar surface area (TPSA) is 114 Å². The van der Waals surface area contributed by atoms with Crippen molar-refractivity contribution in [2.45, 2.75) is 26.2 Å². The number of hydrogen-bond donors (Lipinski definition) is 2. The number of aliphatic carboxylic acids is 1. The third-order valence-corrected chi connectivity index (χ3v) is 7.11. The van der Waals surface area contributed by atoms with Gasteiger partial charge in [-0.2, -0.15) is 14.9 Å². The molecule has 1 heterocycles. The number of aromatic nitrogens is 2. The van der Waals surface area contributed by atoms with E-state index in [1.54, 1.807) is 12.1 Å². The highest BCUT2D eigenvalue weighted by Crippen LogP contribution is 2.47. The van der Waals surface area contributed by atoms with Crippen molar-refractivity contribution < 1.29 is 14.3 Å². The fourth-order valence-electron chi connectivity index (χ4n) is 5.08. The van der Waals surface area contributed by atoms with Gasteiger partial charge in [-0.3, -0.25) is 5.10 Å². The van der Waals surface area contributed by atoms with Gasteiger partial charge in [-0.25, -0.2) is 4.79 Å². The van der Waals surface area contributed by atoms with E-state index in [9.17, 15) is 19.7 Å². The van der Waals surface area contributed by atoms with Crippen molar-refractivity contribution >= 4 is 34.1 Å². The third-order valence-electron chi connectivity index (χ3n) is 7.11. The van der Waals surface area contributed by atoms with Crippen LogP contribution >= 0.6 is 0 Å². The zero-order chi connectivity index (χ0) is 26.8. The number of H-pyrrole nitrogens is 1. The first kappa shape index (κ1) is 24.7. The lowest BCUT2D eigenvalue weighted by molar-refractivity contribution is -0.131. The van der Waals surface area contributed by atoms with Crippen LogP contribution in [0.2, 0.25) is 0 Å². The van der Waals surface area contributed by atoms with Gasteiger partial charge in [-0.1, -0.05) is 42.8 Å². The van der Waals surface area contributed by atoms with Gasteiger partial charge in [-0.15, -0.1) is 5.10 Å². The van der Waals surface area contributed by atoms with Crippen LogP contribution in [-0.2, 0) is 4.79 Å². The van der Waals surface area contributed by atoms with Gasteiger partial charge in [0.15, 0.2) is 0 Å². The standard InChI is InChI=1S/C31H23FN4O2/c1-18-15-20(16-33)7-11-23(18)28(21-3-2-4-21)29(22-9-5-19(6-10-22)8-14-27(37)38)24-12-13-26-30(25(24)17-34)31(32)36-35-26/h5-15,21H,2-4H2,1H3,(H,35,36)(H,37,38)/b14-8+,29-28+. The molecule has 2 N–H and O–H groups in total. The van der Waals surface area contributed by atoms with Crippen molar-refractivity contribution in [1.82, 2.24) is 10.2 Å². The Labute approximate surface area is 219 Å². The zero-order valence-corrected chi connectivity index (χ0v) is 20.6. The number of hydrogen-bond acceptors (Lipinski definition) is 4. The Morgan fingerprint density at radius 3 is 2.42 bits per heavy atom. The van der Waals surface area contributed by atoms with E-state index >= 15 is 0 Å². The number of aryl methyl sites for hydroxylation is 1. The highest BCUT2D eigenvalue weighted by molar-refractivity contribution is 6.04. The summed E-state index contributed by atoms with van der Waals surface area (Å²) in [5.41, 5.74) is 7.12. The molecule has 1 aromatic heterocycles. The van der Waals surface area contributed by atoms with Gasteiger partial charge in [-0.05, 0) is 83.4 Å². The second-order valence-electron chi connectivity index (χ2n) is 9.39. The molecule has 0 saturated heterocycles. The number of nitrogens with zero attached hydrogens (tertiary/aromatic N) is 3. The van der Waals surface area contributed by atoms with Crippen LogP contribution in [0.1, 0.15) is 58.2 Å². The summed E-state index contributed by atoms with van der Waals surface area (Å²) in [6, 6.07) is 21.0. The molecule has 38 heavy (non-hydrogen) atoms. The minimum atomic E-state index is -1.03. The number of benzene rings is 3.